The smallest absolute Gasteiger partial charge is 0.328 e. The maximum atomic E-state index is 9.55. The van der Waals surface area contributed by atoms with Crippen LogP contribution in [0.5, 0.6) is 11.5 Å². The summed E-state index contributed by atoms with van der Waals surface area (Å²) in [5.41, 5.74) is 0. The summed E-state index contributed by atoms with van der Waals surface area (Å²) in [4.78, 5) is 21.7. The summed E-state index contributed by atoms with van der Waals surface area (Å²) in [6, 6.07) is 14.0. The first-order valence-corrected chi connectivity index (χ1v) is 9.96. The molecule has 2 atom stereocenters. The fraction of sp³-hybridized carbons (Fsp3) is 0.391. The third-order valence-electron chi connectivity index (χ3n) is 5.75. The lowest BCUT2D eigenvalue weighted by Crippen LogP contribution is -2.43. The number of rotatable bonds is 5. The van der Waals surface area contributed by atoms with E-state index in [1.807, 2.05) is 6.07 Å². The van der Waals surface area contributed by atoms with Crippen molar-refractivity contribution in [3.63, 3.8) is 0 Å². The lowest BCUT2D eigenvalue weighted by molar-refractivity contribution is -0.134. The summed E-state index contributed by atoms with van der Waals surface area (Å²) in [6.07, 6.45) is 6.47. The van der Waals surface area contributed by atoms with Crippen molar-refractivity contribution in [2.45, 2.75) is 43.9 Å². The summed E-state index contributed by atoms with van der Waals surface area (Å²) in [7, 11) is 3.97. The van der Waals surface area contributed by atoms with Gasteiger partial charge in [0.1, 0.15) is 17.6 Å². The molecule has 2 saturated heterocycles. The molecule has 2 fully saturated rings. The first kappa shape index (κ1) is 21.6. The molecule has 0 aromatic heterocycles. The van der Waals surface area contributed by atoms with Gasteiger partial charge in [-0.3, -0.25) is 0 Å². The summed E-state index contributed by atoms with van der Waals surface area (Å²) >= 11 is 0. The molecule has 7 nitrogen and oxygen atoms in total. The topological polar surface area (TPSA) is 96.3 Å². The number of hydrogen-bond donors (Lipinski definition) is 2. The van der Waals surface area contributed by atoms with Gasteiger partial charge in [-0.05, 0) is 67.8 Å². The van der Waals surface area contributed by atoms with Crippen LogP contribution in [0, 0.1) is 0 Å². The van der Waals surface area contributed by atoms with E-state index in [2.05, 4.69) is 42.3 Å². The zero-order valence-electron chi connectivity index (χ0n) is 17.2. The van der Waals surface area contributed by atoms with E-state index in [1.165, 1.54) is 23.6 Å². The molecular formula is C23H27NO6. The summed E-state index contributed by atoms with van der Waals surface area (Å²) < 4.78 is 11.6. The van der Waals surface area contributed by atoms with Crippen LogP contribution in [0.3, 0.4) is 0 Å². The van der Waals surface area contributed by atoms with Crippen molar-refractivity contribution in [2.24, 2.45) is 0 Å². The van der Waals surface area contributed by atoms with Crippen LogP contribution in [0.25, 0.3) is 10.8 Å². The van der Waals surface area contributed by atoms with Crippen molar-refractivity contribution in [3.8, 4) is 11.5 Å². The highest BCUT2D eigenvalue weighted by molar-refractivity contribution is 5.89. The number of carboxylic acids is 2. The summed E-state index contributed by atoms with van der Waals surface area (Å²) in [6.45, 7) is 0. The van der Waals surface area contributed by atoms with Crippen molar-refractivity contribution in [1.29, 1.82) is 0 Å². The number of ether oxygens (including phenoxy) is 2. The highest BCUT2D eigenvalue weighted by Crippen LogP contribution is 2.36. The van der Waals surface area contributed by atoms with E-state index < -0.39 is 11.9 Å². The fourth-order valence-corrected chi connectivity index (χ4v) is 4.20. The second kappa shape index (κ2) is 9.63. The van der Waals surface area contributed by atoms with Crippen molar-refractivity contribution in [3.05, 3.63) is 48.6 Å². The predicted molar refractivity (Wildman–Crippen MR) is 113 cm³/mol. The Morgan fingerprint density at radius 2 is 1.43 bits per heavy atom. The van der Waals surface area contributed by atoms with E-state index in [9.17, 15) is 9.59 Å². The third-order valence-corrected chi connectivity index (χ3v) is 5.75. The lowest BCUT2D eigenvalue weighted by atomic mass is 10.0. The molecule has 2 bridgehead atoms. The van der Waals surface area contributed by atoms with Crippen molar-refractivity contribution in [1.82, 2.24) is 4.90 Å². The molecule has 2 unspecified atom stereocenters. The molecule has 2 aliphatic heterocycles. The molecular weight excluding hydrogens is 386 g/mol. The lowest BCUT2D eigenvalue weighted by Gasteiger charge is -2.36. The molecule has 0 aliphatic carbocycles. The summed E-state index contributed by atoms with van der Waals surface area (Å²) in [5.74, 6) is -0.625. The minimum Gasteiger partial charge on any atom is -0.497 e. The molecule has 2 heterocycles. The average molecular weight is 413 g/mol. The molecule has 160 valence electrons. The maximum Gasteiger partial charge on any atom is 0.328 e. The van der Waals surface area contributed by atoms with E-state index in [0.717, 1.165) is 24.3 Å². The van der Waals surface area contributed by atoms with Gasteiger partial charge in [0.2, 0.25) is 0 Å². The molecule has 30 heavy (non-hydrogen) atoms. The number of piperidine rings is 1. The largest absolute Gasteiger partial charge is 0.497 e. The molecule has 7 heteroatoms. The highest BCUT2D eigenvalue weighted by atomic mass is 16.5. The van der Waals surface area contributed by atoms with Gasteiger partial charge in [0.15, 0.2) is 0 Å². The van der Waals surface area contributed by atoms with Gasteiger partial charge >= 0.3 is 11.9 Å². The number of methoxy groups -OCH3 is 1. The van der Waals surface area contributed by atoms with E-state index >= 15 is 0 Å². The van der Waals surface area contributed by atoms with Gasteiger partial charge in [-0.25, -0.2) is 9.59 Å². The molecule has 2 aromatic carbocycles. The number of nitrogens with zero attached hydrogens (tertiary/aromatic N) is 1. The van der Waals surface area contributed by atoms with Crippen molar-refractivity contribution < 1.29 is 29.3 Å². The number of carbonyl (C=O) groups is 2. The Kier molecular flexibility index (Phi) is 6.95. The van der Waals surface area contributed by atoms with Crippen LogP contribution in [0.2, 0.25) is 0 Å². The Labute approximate surface area is 175 Å². The monoisotopic (exact) mass is 413 g/mol. The van der Waals surface area contributed by atoms with E-state index in [0.29, 0.717) is 30.3 Å². The number of aliphatic carboxylic acids is 2. The second-order valence-corrected chi connectivity index (χ2v) is 7.65. The van der Waals surface area contributed by atoms with Crippen LogP contribution >= 0.6 is 0 Å². The molecule has 0 radical (unpaired) electrons. The van der Waals surface area contributed by atoms with Crippen LogP contribution in [0.1, 0.15) is 25.7 Å². The van der Waals surface area contributed by atoms with Crippen molar-refractivity contribution in [2.75, 3.05) is 14.2 Å². The van der Waals surface area contributed by atoms with Crippen LogP contribution in [-0.4, -0.2) is 59.4 Å². The fourth-order valence-electron chi connectivity index (χ4n) is 4.20. The zero-order chi connectivity index (χ0) is 21.7. The molecule has 0 amide bonds. The van der Waals surface area contributed by atoms with Gasteiger partial charge in [0.25, 0.3) is 0 Å². The van der Waals surface area contributed by atoms with Gasteiger partial charge in [0.05, 0.1) is 7.11 Å². The Balaban J connectivity index is 0.000000275. The minimum atomic E-state index is -1.26. The quantitative estimate of drug-likeness (QED) is 0.724. The van der Waals surface area contributed by atoms with Gasteiger partial charge in [-0.2, -0.15) is 0 Å². The Morgan fingerprint density at radius 1 is 0.933 bits per heavy atom. The number of hydrogen-bond acceptors (Lipinski definition) is 5. The Hall–Kier alpha value is -3.06. The number of benzene rings is 2. The van der Waals surface area contributed by atoms with Crippen LogP contribution in [-0.2, 0) is 9.59 Å². The number of carboxylic acid groups (broad SMARTS) is 2. The molecule has 2 aliphatic rings. The van der Waals surface area contributed by atoms with E-state index in [-0.39, 0.29) is 0 Å². The maximum absolute atomic E-state index is 9.55. The third kappa shape index (κ3) is 5.51. The predicted octanol–water partition coefficient (Wildman–Crippen LogP) is 3.56. The minimum absolute atomic E-state index is 0.365. The molecule has 2 aromatic rings. The molecule has 0 spiro atoms. The van der Waals surface area contributed by atoms with E-state index in [1.54, 1.807) is 7.11 Å². The average Bonchev–Trinajstić information content (AvgIpc) is 2.92. The molecule has 2 N–H and O–H groups in total. The SMILES string of the molecule is COc1ccc2cc(OC3CC4CCC(C3)N4C)ccc2c1.O=C(O)/C=C/C(=O)O. The standard InChI is InChI=1S/C19H23NO2.C4H4O4/c1-20-15-5-6-16(20)12-19(11-15)22-18-8-4-13-9-17(21-2)7-3-14(13)10-18;5-3(6)1-2-4(7)8/h3-4,7-10,15-16,19H,5-6,11-12H2,1-2H3;1-2H,(H,5,6)(H,7,8)/b;2-1+. The first-order chi connectivity index (χ1) is 14.4. The summed E-state index contributed by atoms with van der Waals surface area (Å²) in [5, 5.41) is 18.0. The van der Waals surface area contributed by atoms with Crippen LogP contribution < -0.4 is 9.47 Å². The van der Waals surface area contributed by atoms with Crippen LogP contribution in [0.4, 0.5) is 0 Å². The van der Waals surface area contributed by atoms with Gasteiger partial charge in [0, 0.05) is 24.2 Å². The van der Waals surface area contributed by atoms with Gasteiger partial charge < -0.3 is 24.6 Å². The highest BCUT2D eigenvalue weighted by Gasteiger charge is 2.39. The molecule has 0 saturated carbocycles. The van der Waals surface area contributed by atoms with E-state index in [4.69, 9.17) is 19.7 Å². The number of fused-ring (bicyclic) bond motifs is 3. The normalized spacial score (nSPS) is 23.1. The second-order valence-electron chi connectivity index (χ2n) is 7.65. The Morgan fingerprint density at radius 3 is 1.93 bits per heavy atom. The van der Waals surface area contributed by atoms with Crippen molar-refractivity contribution >= 4 is 22.7 Å². The Bertz CT molecular complexity index is 910. The van der Waals surface area contributed by atoms with Crippen LogP contribution in [0.15, 0.2) is 48.6 Å². The zero-order valence-corrected chi connectivity index (χ0v) is 17.2. The van der Waals surface area contributed by atoms with Gasteiger partial charge in [-0.1, -0.05) is 12.1 Å². The first-order valence-electron chi connectivity index (χ1n) is 9.96. The molecule has 4 rings (SSSR count). The van der Waals surface area contributed by atoms with Gasteiger partial charge in [-0.15, -0.1) is 0 Å².